The Kier molecular flexibility index (Phi) is 5.64. The zero-order valence-electron chi connectivity index (χ0n) is 15.0. The van der Waals surface area contributed by atoms with Crippen LogP contribution < -0.4 is 0 Å². The molecule has 0 aliphatic carbocycles. The number of alkyl halides is 3. The highest BCUT2D eigenvalue weighted by molar-refractivity contribution is 7.13. The smallest absolute Gasteiger partial charge is 0.434 e. The van der Waals surface area contributed by atoms with Gasteiger partial charge >= 0.3 is 12.1 Å². The molecule has 0 aliphatic rings. The van der Waals surface area contributed by atoms with E-state index < -0.39 is 23.4 Å². The van der Waals surface area contributed by atoms with Gasteiger partial charge in [-0.05, 0) is 43.0 Å². The van der Waals surface area contributed by atoms with Crippen LogP contribution in [0.4, 0.5) is 13.2 Å². The molecule has 0 bridgehead atoms. The SMILES string of the molecule is C/C=C/c1ccsc1-c1cccc(-n2ncc(C(=O)OCC)c2C(F)(F)F)n1. The van der Waals surface area contributed by atoms with Crippen molar-refractivity contribution in [1.82, 2.24) is 14.8 Å². The van der Waals surface area contributed by atoms with Gasteiger partial charge in [-0.3, -0.25) is 0 Å². The molecular weight excluding hydrogens is 391 g/mol. The number of carbonyl (C=O) groups is 1. The summed E-state index contributed by atoms with van der Waals surface area (Å²) in [6, 6.07) is 6.62. The first kappa shape index (κ1) is 19.8. The Hall–Kier alpha value is -2.94. The van der Waals surface area contributed by atoms with Gasteiger partial charge in [-0.1, -0.05) is 18.2 Å². The fourth-order valence-electron chi connectivity index (χ4n) is 2.66. The van der Waals surface area contributed by atoms with Crippen molar-refractivity contribution >= 4 is 23.4 Å². The average molecular weight is 407 g/mol. The standard InChI is InChI=1S/C19H16F3N3O2S/c1-3-6-12-9-10-28-16(12)14-7-5-8-15(24-14)25-17(19(20,21)22)13(11-23-25)18(26)27-4-2/h3,5-11H,4H2,1-2H3/b6-3+. The molecule has 3 rings (SSSR count). The lowest BCUT2D eigenvalue weighted by Gasteiger charge is -2.12. The van der Waals surface area contributed by atoms with E-state index in [2.05, 4.69) is 10.1 Å². The van der Waals surface area contributed by atoms with Gasteiger partial charge in [-0.25, -0.2) is 14.5 Å². The molecule has 28 heavy (non-hydrogen) atoms. The van der Waals surface area contributed by atoms with Crippen molar-refractivity contribution in [1.29, 1.82) is 0 Å². The highest BCUT2D eigenvalue weighted by atomic mass is 32.1. The summed E-state index contributed by atoms with van der Waals surface area (Å²) in [4.78, 5) is 17.1. The number of rotatable bonds is 5. The summed E-state index contributed by atoms with van der Waals surface area (Å²) in [5, 5.41) is 5.64. The molecule has 146 valence electrons. The molecule has 3 aromatic rings. The Labute approximate surface area is 163 Å². The van der Waals surface area contributed by atoms with Crippen molar-refractivity contribution in [2.45, 2.75) is 20.0 Å². The number of thiophene rings is 1. The number of allylic oxidation sites excluding steroid dienone is 1. The molecule has 3 aromatic heterocycles. The summed E-state index contributed by atoms with van der Waals surface area (Å²) < 4.78 is 46.3. The van der Waals surface area contributed by atoms with Gasteiger partial charge in [0.1, 0.15) is 5.56 Å². The topological polar surface area (TPSA) is 57.0 Å². The molecule has 5 nitrogen and oxygen atoms in total. The highest BCUT2D eigenvalue weighted by Crippen LogP contribution is 2.35. The largest absolute Gasteiger partial charge is 0.462 e. The van der Waals surface area contributed by atoms with Crippen LogP contribution >= 0.6 is 11.3 Å². The molecule has 0 unspecified atom stereocenters. The fraction of sp³-hybridized carbons (Fsp3) is 0.211. The third-order valence-corrected chi connectivity index (χ3v) is 4.71. The maximum Gasteiger partial charge on any atom is 0.434 e. The average Bonchev–Trinajstić information content (AvgIpc) is 3.29. The second-order valence-corrected chi connectivity index (χ2v) is 6.54. The molecule has 0 amide bonds. The number of ether oxygens (including phenoxy) is 1. The van der Waals surface area contributed by atoms with E-state index in [-0.39, 0.29) is 12.4 Å². The summed E-state index contributed by atoms with van der Waals surface area (Å²) >= 11 is 1.43. The normalized spacial score (nSPS) is 11.9. The lowest BCUT2D eigenvalue weighted by Crippen LogP contribution is -2.19. The zero-order chi connectivity index (χ0) is 20.3. The minimum atomic E-state index is -4.81. The maximum atomic E-state index is 13.7. The molecule has 0 radical (unpaired) electrons. The number of hydrogen-bond donors (Lipinski definition) is 0. The first-order valence-electron chi connectivity index (χ1n) is 8.37. The molecule has 0 saturated carbocycles. The molecule has 0 fully saturated rings. The van der Waals surface area contributed by atoms with Gasteiger partial charge in [0.2, 0.25) is 0 Å². The number of hydrogen-bond acceptors (Lipinski definition) is 5. The van der Waals surface area contributed by atoms with E-state index in [1.807, 2.05) is 30.5 Å². The van der Waals surface area contributed by atoms with E-state index in [9.17, 15) is 18.0 Å². The number of nitrogens with zero attached hydrogens (tertiary/aromatic N) is 3. The van der Waals surface area contributed by atoms with Crippen LogP contribution in [0.5, 0.6) is 0 Å². The van der Waals surface area contributed by atoms with Crippen LogP contribution in [0, 0.1) is 0 Å². The highest BCUT2D eigenvalue weighted by Gasteiger charge is 2.41. The number of esters is 1. The lowest BCUT2D eigenvalue weighted by atomic mass is 10.2. The van der Waals surface area contributed by atoms with E-state index in [0.29, 0.717) is 10.4 Å². The van der Waals surface area contributed by atoms with Gasteiger partial charge in [-0.2, -0.15) is 18.3 Å². The van der Waals surface area contributed by atoms with Gasteiger partial charge in [-0.15, -0.1) is 11.3 Å². The van der Waals surface area contributed by atoms with Crippen molar-refractivity contribution in [3.63, 3.8) is 0 Å². The van der Waals surface area contributed by atoms with Gasteiger partial charge in [0, 0.05) is 0 Å². The summed E-state index contributed by atoms with van der Waals surface area (Å²) in [6.45, 7) is 3.35. The number of pyridine rings is 1. The summed E-state index contributed by atoms with van der Waals surface area (Å²) in [7, 11) is 0. The van der Waals surface area contributed by atoms with E-state index in [1.54, 1.807) is 12.1 Å². The Morgan fingerprint density at radius 3 is 2.79 bits per heavy atom. The summed E-state index contributed by atoms with van der Waals surface area (Å²) in [5.41, 5.74) is -0.425. The van der Waals surface area contributed by atoms with Crippen LogP contribution in [0.2, 0.25) is 0 Å². The van der Waals surface area contributed by atoms with Crippen LogP contribution in [0.15, 0.2) is 41.9 Å². The van der Waals surface area contributed by atoms with Gasteiger partial charge < -0.3 is 4.74 Å². The number of carbonyl (C=O) groups excluding carboxylic acids is 1. The third kappa shape index (κ3) is 3.84. The molecule has 0 atom stereocenters. The Bertz CT molecular complexity index is 1020. The molecule has 0 spiro atoms. The molecule has 9 heteroatoms. The molecule has 0 aromatic carbocycles. The minimum Gasteiger partial charge on any atom is -0.462 e. The molecular formula is C19H16F3N3O2S. The number of halogens is 3. The van der Waals surface area contributed by atoms with Crippen LogP contribution in [0.25, 0.3) is 22.5 Å². The van der Waals surface area contributed by atoms with Crippen molar-refractivity contribution < 1.29 is 22.7 Å². The fourth-order valence-corrected chi connectivity index (χ4v) is 3.52. The van der Waals surface area contributed by atoms with Gasteiger partial charge in [0.15, 0.2) is 11.5 Å². The first-order valence-corrected chi connectivity index (χ1v) is 9.25. The summed E-state index contributed by atoms with van der Waals surface area (Å²) in [5.74, 6) is -1.12. The molecule has 3 heterocycles. The Balaban J connectivity index is 2.12. The Morgan fingerprint density at radius 2 is 2.11 bits per heavy atom. The molecule has 0 N–H and O–H groups in total. The van der Waals surface area contributed by atoms with Crippen molar-refractivity contribution in [3.05, 3.63) is 58.7 Å². The van der Waals surface area contributed by atoms with Crippen molar-refractivity contribution in [3.8, 4) is 16.4 Å². The molecule has 0 aliphatic heterocycles. The van der Waals surface area contributed by atoms with E-state index >= 15 is 0 Å². The van der Waals surface area contributed by atoms with Gasteiger partial charge in [0.05, 0.1) is 23.4 Å². The number of aromatic nitrogens is 3. The predicted octanol–water partition coefficient (Wildman–Crippen LogP) is 5.22. The maximum absolute atomic E-state index is 13.7. The van der Waals surface area contributed by atoms with Crippen molar-refractivity contribution in [2.24, 2.45) is 0 Å². The van der Waals surface area contributed by atoms with Crippen molar-refractivity contribution in [2.75, 3.05) is 6.61 Å². The second kappa shape index (κ2) is 7.97. The van der Waals surface area contributed by atoms with Crippen LogP contribution in [0.3, 0.4) is 0 Å². The van der Waals surface area contributed by atoms with Crippen LogP contribution in [-0.4, -0.2) is 27.3 Å². The predicted molar refractivity (Wildman–Crippen MR) is 100 cm³/mol. The second-order valence-electron chi connectivity index (χ2n) is 5.62. The van der Waals surface area contributed by atoms with E-state index in [4.69, 9.17) is 4.74 Å². The van der Waals surface area contributed by atoms with E-state index in [1.165, 1.54) is 24.3 Å². The summed E-state index contributed by atoms with van der Waals surface area (Å²) in [6.07, 6.45) is -0.189. The zero-order valence-corrected chi connectivity index (χ0v) is 15.8. The lowest BCUT2D eigenvalue weighted by molar-refractivity contribution is -0.143. The van der Waals surface area contributed by atoms with Gasteiger partial charge in [0.25, 0.3) is 0 Å². The quantitative estimate of drug-likeness (QED) is 0.544. The first-order chi connectivity index (χ1) is 13.4. The third-order valence-electron chi connectivity index (χ3n) is 3.76. The monoisotopic (exact) mass is 407 g/mol. The van der Waals surface area contributed by atoms with Crippen LogP contribution in [0.1, 0.15) is 35.5 Å². The van der Waals surface area contributed by atoms with E-state index in [0.717, 1.165) is 16.6 Å². The Morgan fingerprint density at radius 1 is 1.32 bits per heavy atom. The minimum absolute atomic E-state index is 0.0405. The molecule has 0 saturated heterocycles. The van der Waals surface area contributed by atoms with Crippen LogP contribution in [-0.2, 0) is 10.9 Å².